The lowest BCUT2D eigenvalue weighted by Crippen LogP contribution is -2.10. The second-order valence-electron chi connectivity index (χ2n) is 10.2. The van der Waals surface area contributed by atoms with Gasteiger partial charge in [0.25, 0.3) is 0 Å². The van der Waals surface area contributed by atoms with E-state index in [1.807, 2.05) is 18.2 Å². The summed E-state index contributed by atoms with van der Waals surface area (Å²) in [6, 6.07) is 25.3. The monoisotopic (exact) mass is 409 g/mol. The largest absolute Gasteiger partial charge is 0.340 e. The zero-order chi connectivity index (χ0) is 22.2. The first-order valence-electron chi connectivity index (χ1n) is 10.9. The number of aromatic nitrogens is 2. The van der Waals surface area contributed by atoms with Crippen molar-refractivity contribution >= 4 is 22.4 Å². The molecule has 0 atom stereocenters. The van der Waals surface area contributed by atoms with Crippen molar-refractivity contribution in [3.63, 3.8) is 0 Å². The molecule has 0 saturated carbocycles. The van der Waals surface area contributed by atoms with Gasteiger partial charge in [0.2, 0.25) is 0 Å². The van der Waals surface area contributed by atoms with Gasteiger partial charge in [-0.05, 0) is 46.2 Å². The third-order valence-electron chi connectivity index (χ3n) is 5.63. The molecule has 158 valence electrons. The molecule has 0 aliphatic carbocycles. The summed E-state index contributed by atoms with van der Waals surface area (Å²) < 4.78 is 0. The van der Waals surface area contributed by atoms with Gasteiger partial charge in [-0.15, -0.1) is 0 Å². The number of rotatable bonds is 3. The first kappa shape index (κ1) is 21.0. The molecule has 0 fully saturated rings. The second kappa shape index (κ2) is 7.81. The van der Waals surface area contributed by atoms with Crippen molar-refractivity contribution < 1.29 is 0 Å². The van der Waals surface area contributed by atoms with Crippen LogP contribution < -0.4 is 5.32 Å². The van der Waals surface area contributed by atoms with Gasteiger partial charge in [0.15, 0.2) is 5.82 Å². The third kappa shape index (κ3) is 4.61. The number of fused-ring (bicyclic) bond motifs is 1. The van der Waals surface area contributed by atoms with Crippen LogP contribution in [-0.4, -0.2) is 9.97 Å². The molecule has 0 amide bonds. The lowest BCUT2D eigenvalue weighted by atomic mass is 9.86. The summed E-state index contributed by atoms with van der Waals surface area (Å²) in [5.74, 6) is 1.55. The summed E-state index contributed by atoms with van der Waals surface area (Å²) in [6.07, 6.45) is 0. The van der Waals surface area contributed by atoms with E-state index in [4.69, 9.17) is 9.97 Å². The normalized spacial score (nSPS) is 12.2. The maximum Gasteiger partial charge on any atom is 0.162 e. The third-order valence-corrected chi connectivity index (χ3v) is 5.63. The Morgan fingerprint density at radius 3 is 1.74 bits per heavy atom. The quantitative estimate of drug-likeness (QED) is 0.378. The number of nitrogens with zero attached hydrogens (tertiary/aromatic N) is 2. The first-order valence-corrected chi connectivity index (χ1v) is 10.9. The van der Waals surface area contributed by atoms with Gasteiger partial charge in [0.1, 0.15) is 5.82 Å². The van der Waals surface area contributed by atoms with Gasteiger partial charge in [0, 0.05) is 16.6 Å². The van der Waals surface area contributed by atoms with Crippen molar-refractivity contribution in [1.29, 1.82) is 0 Å². The number of hydrogen-bond acceptors (Lipinski definition) is 3. The number of nitrogens with one attached hydrogen (secondary N) is 1. The molecule has 3 nitrogen and oxygen atoms in total. The number of para-hydroxylation sites is 1. The SMILES string of the molecule is CC(C)(C)c1ccc(Nc2nc(-c3ccc(C(C)(C)C)cc3)nc3ccccc23)cc1. The van der Waals surface area contributed by atoms with Crippen LogP contribution >= 0.6 is 0 Å². The molecule has 0 aliphatic heterocycles. The van der Waals surface area contributed by atoms with E-state index in [9.17, 15) is 0 Å². The average molecular weight is 410 g/mol. The van der Waals surface area contributed by atoms with Gasteiger partial charge >= 0.3 is 0 Å². The molecule has 0 saturated heterocycles. The molecule has 3 aromatic carbocycles. The maximum atomic E-state index is 4.91. The molecule has 3 heteroatoms. The molecule has 0 bridgehead atoms. The molecule has 0 aliphatic rings. The number of anilines is 2. The Hall–Kier alpha value is -3.20. The summed E-state index contributed by atoms with van der Waals surface area (Å²) in [5, 5.41) is 4.53. The Balaban J connectivity index is 1.73. The highest BCUT2D eigenvalue weighted by molar-refractivity contribution is 5.92. The minimum atomic E-state index is 0.120. The van der Waals surface area contributed by atoms with E-state index in [0.29, 0.717) is 0 Å². The van der Waals surface area contributed by atoms with Crippen LogP contribution in [-0.2, 0) is 10.8 Å². The standard InChI is InChI=1S/C28H31N3/c1-27(2,3)20-13-11-19(12-14-20)25-30-24-10-8-7-9-23(24)26(31-25)29-22-17-15-21(16-18-22)28(4,5)6/h7-18H,1-6H3,(H,29,30,31). The topological polar surface area (TPSA) is 37.8 Å². The van der Waals surface area contributed by atoms with Gasteiger partial charge in [-0.1, -0.05) is 90.1 Å². The van der Waals surface area contributed by atoms with Crippen molar-refractivity contribution in [2.45, 2.75) is 52.4 Å². The van der Waals surface area contributed by atoms with Crippen molar-refractivity contribution in [1.82, 2.24) is 9.97 Å². The lowest BCUT2D eigenvalue weighted by Gasteiger charge is -2.20. The molecule has 1 N–H and O–H groups in total. The molecule has 4 rings (SSSR count). The fraction of sp³-hybridized carbons (Fsp3) is 0.286. The Bertz CT molecular complexity index is 1190. The van der Waals surface area contributed by atoms with Crippen LogP contribution in [0.15, 0.2) is 72.8 Å². The fourth-order valence-electron chi connectivity index (χ4n) is 3.61. The molecule has 0 unspecified atom stereocenters. The van der Waals surface area contributed by atoms with Gasteiger partial charge in [-0.25, -0.2) is 9.97 Å². The van der Waals surface area contributed by atoms with Crippen molar-refractivity contribution in [3.8, 4) is 11.4 Å². The fourth-order valence-corrected chi connectivity index (χ4v) is 3.61. The summed E-state index contributed by atoms with van der Waals surface area (Å²) in [7, 11) is 0. The van der Waals surface area contributed by atoms with Crippen LogP contribution in [0.3, 0.4) is 0 Å². The van der Waals surface area contributed by atoms with E-state index in [-0.39, 0.29) is 10.8 Å². The van der Waals surface area contributed by atoms with E-state index < -0.39 is 0 Å². The average Bonchev–Trinajstić information content (AvgIpc) is 2.73. The Labute approximate surface area is 185 Å². The van der Waals surface area contributed by atoms with Crippen LogP contribution in [0.1, 0.15) is 52.7 Å². The minimum absolute atomic E-state index is 0.120. The highest BCUT2D eigenvalue weighted by atomic mass is 15.0. The van der Waals surface area contributed by atoms with Crippen molar-refractivity contribution in [2.24, 2.45) is 0 Å². The highest BCUT2D eigenvalue weighted by Gasteiger charge is 2.16. The molecule has 1 heterocycles. The van der Waals surface area contributed by atoms with Crippen molar-refractivity contribution in [3.05, 3.63) is 83.9 Å². The van der Waals surface area contributed by atoms with Gasteiger partial charge in [0.05, 0.1) is 5.52 Å². The van der Waals surface area contributed by atoms with Gasteiger partial charge in [-0.3, -0.25) is 0 Å². The molecule has 1 aromatic heterocycles. The smallest absolute Gasteiger partial charge is 0.162 e. The Morgan fingerprint density at radius 2 is 1.16 bits per heavy atom. The molecule has 0 radical (unpaired) electrons. The summed E-state index contributed by atoms with van der Waals surface area (Å²) in [4.78, 5) is 9.74. The summed E-state index contributed by atoms with van der Waals surface area (Å²) in [6.45, 7) is 13.4. The predicted molar refractivity (Wildman–Crippen MR) is 132 cm³/mol. The van der Waals surface area contributed by atoms with Crippen LogP contribution in [0.4, 0.5) is 11.5 Å². The van der Waals surface area contributed by atoms with E-state index in [0.717, 1.165) is 33.8 Å². The predicted octanol–water partition coefficient (Wildman–Crippen LogP) is 7.64. The van der Waals surface area contributed by atoms with Crippen LogP contribution in [0.2, 0.25) is 0 Å². The van der Waals surface area contributed by atoms with E-state index in [1.54, 1.807) is 0 Å². The second-order valence-corrected chi connectivity index (χ2v) is 10.2. The van der Waals surface area contributed by atoms with E-state index in [1.165, 1.54) is 11.1 Å². The minimum Gasteiger partial charge on any atom is -0.340 e. The molecule has 0 spiro atoms. The van der Waals surface area contributed by atoms with E-state index in [2.05, 4.69) is 101 Å². The molecule has 31 heavy (non-hydrogen) atoms. The molecule has 4 aromatic rings. The summed E-state index contributed by atoms with van der Waals surface area (Å²) in [5.41, 5.74) is 5.83. The van der Waals surface area contributed by atoms with Crippen LogP contribution in [0.5, 0.6) is 0 Å². The Kier molecular flexibility index (Phi) is 5.30. The van der Waals surface area contributed by atoms with Crippen LogP contribution in [0, 0.1) is 0 Å². The number of hydrogen-bond donors (Lipinski definition) is 1. The lowest BCUT2D eigenvalue weighted by molar-refractivity contribution is 0.590. The number of benzene rings is 3. The zero-order valence-corrected chi connectivity index (χ0v) is 19.3. The van der Waals surface area contributed by atoms with Gasteiger partial charge in [-0.2, -0.15) is 0 Å². The first-order chi connectivity index (χ1) is 14.6. The van der Waals surface area contributed by atoms with Crippen molar-refractivity contribution in [2.75, 3.05) is 5.32 Å². The molecular formula is C28H31N3. The van der Waals surface area contributed by atoms with Gasteiger partial charge < -0.3 is 5.32 Å². The zero-order valence-electron chi connectivity index (χ0n) is 19.3. The van der Waals surface area contributed by atoms with Crippen LogP contribution in [0.25, 0.3) is 22.3 Å². The Morgan fingerprint density at radius 1 is 0.613 bits per heavy atom. The summed E-state index contributed by atoms with van der Waals surface area (Å²) >= 11 is 0. The molecular weight excluding hydrogens is 378 g/mol. The highest BCUT2D eigenvalue weighted by Crippen LogP contribution is 2.30. The van der Waals surface area contributed by atoms with E-state index >= 15 is 0 Å². The maximum absolute atomic E-state index is 4.91.